The molecule has 4 rings (SSSR count). The van der Waals surface area contributed by atoms with Crippen molar-refractivity contribution >= 4 is 17.4 Å². The highest BCUT2D eigenvalue weighted by Crippen LogP contribution is 2.30. The molecule has 154 valence electrons. The number of ether oxygens (including phenoxy) is 1. The van der Waals surface area contributed by atoms with Crippen molar-refractivity contribution in [1.29, 1.82) is 0 Å². The number of benzene rings is 1. The van der Waals surface area contributed by atoms with Gasteiger partial charge in [0.05, 0.1) is 24.6 Å². The van der Waals surface area contributed by atoms with Crippen LogP contribution in [0.15, 0.2) is 24.3 Å². The number of hydrogen-bond donors (Lipinski definition) is 1. The van der Waals surface area contributed by atoms with Gasteiger partial charge in [0.1, 0.15) is 0 Å². The fourth-order valence-electron chi connectivity index (χ4n) is 4.64. The van der Waals surface area contributed by atoms with Crippen molar-refractivity contribution in [1.82, 2.24) is 10.2 Å². The average molecular weight is 387 g/mol. The van der Waals surface area contributed by atoms with Crippen LogP contribution in [0.3, 0.4) is 0 Å². The van der Waals surface area contributed by atoms with Crippen LogP contribution in [0.4, 0.5) is 16.2 Å². The van der Waals surface area contributed by atoms with Gasteiger partial charge in [-0.3, -0.25) is 0 Å². The van der Waals surface area contributed by atoms with Crippen LogP contribution in [0.25, 0.3) is 0 Å². The molecule has 1 aliphatic carbocycles. The first-order chi connectivity index (χ1) is 13.8. The third-order valence-corrected chi connectivity index (χ3v) is 6.32. The van der Waals surface area contributed by atoms with Crippen molar-refractivity contribution in [2.75, 3.05) is 62.3 Å². The lowest BCUT2D eigenvalue weighted by atomic mass is 10.1. The molecule has 0 aromatic heterocycles. The topological polar surface area (TPSA) is 48.1 Å². The van der Waals surface area contributed by atoms with Crippen molar-refractivity contribution in [3.63, 3.8) is 0 Å². The average Bonchev–Trinajstić information content (AvgIpc) is 3.03. The number of morpholine rings is 1. The molecule has 2 heterocycles. The van der Waals surface area contributed by atoms with E-state index in [0.29, 0.717) is 6.04 Å². The Morgan fingerprint density at radius 2 is 1.39 bits per heavy atom. The van der Waals surface area contributed by atoms with Crippen LogP contribution in [-0.4, -0.2) is 69.5 Å². The minimum Gasteiger partial charge on any atom is -0.378 e. The van der Waals surface area contributed by atoms with Gasteiger partial charge in [0.15, 0.2) is 0 Å². The number of nitrogens with zero attached hydrogens (tertiary/aromatic N) is 3. The number of para-hydroxylation sites is 2. The summed E-state index contributed by atoms with van der Waals surface area (Å²) in [5.74, 6) is 0. The maximum atomic E-state index is 12.7. The number of amides is 2. The number of carbonyl (C=O) groups excluding carboxylic acids is 1. The van der Waals surface area contributed by atoms with Crippen LogP contribution in [0, 0.1) is 0 Å². The molecule has 2 aliphatic heterocycles. The molecule has 2 saturated heterocycles. The molecule has 2 amide bonds. The Balaban J connectivity index is 1.33. The Bertz CT molecular complexity index is 631. The van der Waals surface area contributed by atoms with Crippen LogP contribution in [0.1, 0.15) is 38.5 Å². The smallest absolute Gasteiger partial charge is 0.317 e. The van der Waals surface area contributed by atoms with Crippen LogP contribution in [-0.2, 0) is 4.74 Å². The first-order valence-electron chi connectivity index (χ1n) is 11.0. The predicted molar refractivity (Wildman–Crippen MR) is 113 cm³/mol. The van der Waals surface area contributed by atoms with Gasteiger partial charge >= 0.3 is 6.03 Å². The highest BCUT2D eigenvalue weighted by atomic mass is 16.5. The van der Waals surface area contributed by atoms with Gasteiger partial charge in [-0.1, -0.05) is 37.8 Å². The van der Waals surface area contributed by atoms with E-state index in [1.54, 1.807) is 0 Å². The number of urea groups is 1. The molecule has 1 aromatic rings. The third kappa shape index (κ3) is 4.72. The monoisotopic (exact) mass is 386 g/mol. The van der Waals surface area contributed by atoms with E-state index in [1.165, 1.54) is 37.1 Å². The zero-order valence-electron chi connectivity index (χ0n) is 16.9. The lowest BCUT2D eigenvalue weighted by molar-refractivity contribution is 0.122. The summed E-state index contributed by atoms with van der Waals surface area (Å²) in [4.78, 5) is 19.6. The number of piperazine rings is 1. The summed E-state index contributed by atoms with van der Waals surface area (Å²) in [5.41, 5.74) is 2.58. The Morgan fingerprint density at radius 3 is 2.00 bits per heavy atom. The van der Waals surface area contributed by atoms with Crippen LogP contribution in [0.2, 0.25) is 0 Å². The molecule has 0 bridgehead atoms. The number of hydrogen-bond acceptors (Lipinski definition) is 4. The quantitative estimate of drug-likeness (QED) is 0.811. The predicted octanol–water partition coefficient (Wildman–Crippen LogP) is 3.08. The maximum Gasteiger partial charge on any atom is 0.317 e. The van der Waals surface area contributed by atoms with Gasteiger partial charge in [-0.25, -0.2) is 4.79 Å². The van der Waals surface area contributed by atoms with Gasteiger partial charge in [0.25, 0.3) is 0 Å². The lowest BCUT2D eigenvalue weighted by Crippen LogP contribution is -2.53. The van der Waals surface area contributed by atoms with E-state index in [1.807, 2.05) is 4.90 Å². The normalized spacial score (nSPS) is 22.1. The van der Waals surface area contributed by atoms with E-state index >= 15 is 0 Å². The zero-order valence-corrected chi connectivity index (χ0v) is 16.9. The maximum absolute atomic E-state index is 12.7. The van der Waals surface area contributed by atoms with Gasteiger partial charge in [0, 0.05) is 45.3 Å². The number of anilines is 2. The van der Waals surface area contributed by atoms with E-state index < -0.39 is 0 Å². The second kappa shape index (κ2) is 9.50. The molecule has 0 spiro atoms. The van der Waals surface area contributed by atoms with E-state index in [4.69, 9.17) is 4.74 Å². The highest BCUT2D eigenvalue weighted by molar-refractivity contribution is 5.76. The van der Waals surface area contributed by atoms with Crippen molar-refractivity contribution in [2.45, 2.75) is 44.6 Å². The molecule has 1 aromatic carbocycles. The molecule has 3 fully saturated rings. The summed E-state index contributed by atoms with van der Waals surface area (Å²) < 4.78 is 5.51. The third-order valence-electron chi connectivity index (χ3n) is 6.32. The number of nitrogens with one attached hydrogen (secondary N) is 1. The summed E-state index contributed by atoms with van der Waals surface area (Å²) in [6.07, 6.45) is 7.40. The molecule has 1 saturated carbocycles. The first-order valence-corrected chi connectivity index (χ1v) is 11.0. The van der Waals surface area contributed by atoms with Gasteiger partial charge < -0.3 is 24.8 Å². The Kier molecular flexibility index (Phi) is 6.57. The fraction of sp³-hybridized carbons (Fsp3) is 0.682. The highest BCUT2D eigenvalue weighted by Gasteiger charge is 2.25. The molecule has 6 nitrogen and oxygen atoms in total. The first kappa shape index (κ1) is 19.4. The van der Waals surface area contributed by atoms with Gasteiger partial charge in [-0.15, -0.1) is 0 Å². The second-order valence-corrected chi connectivity index (χ2v) is 8.20. The van der Waals surface area contributed by atoms with Crippen LogP contribution in [0.5, 0.6) is 0 Å². The van der Waals surface area contributed by atoms with Crippen molar-refractivity contribution < 1.29 is 9.53 Å². The minimum absolute atomic E-state index is 0.132. The second-order valence-electron chi connectivity index (χ2n) is 8.20. The molecule has 1 N–H and O–H groups in total. The van der Waals surface area contributed by atoms with E-state index in [9.17, 15) is 4.79 Å². The molecule has 3 aliphatic rings. The van der Waals surface area contributed by atoms with Gasteiger partial charge in [-0.05, 0) is 25.0 Å². The largest absolute Gasteiger partial charge is 0.378 e. The van der Waals surface area contributed by atoms with Crippen molar-refractivity contribution in [2.24, 2.45) is 0 Å². The number of carbonyl (C=O) groups is 1. The number of rotatable bonds is 3. The molecule has 28 heavy (non-hydrogen) atoms. The summed E-state index contributed by atoms with van der Waals surface area (Å²) in [6.45, 7) is 6.83. The summed E-state index contributed by atoms with van der Waals surface area (Å²) in [6, 6.07) is 9.16. The zero-order chi connectivity index (χ0) is 19.2. The van der Waals surface area contributed by atoms with E-state index in [0.717, 1.165) is 65.3 Å². The van der Waals surface area contributed by atoms with Crippen molar-refractivity contribution in [3.8, 4) is 0 Å². The van der Waals surface area contributed by atoms with Gasteiger partial charge in [0.2, 0.25) is 0 Å². The van der Waals surface area contributed by atoms with E-state index in [2.05, 4.69) is 39.4 Å². The van der Waals surface area contributed by atoms with Crippen LogP contribution < -0.4 is 15.1 Å². The Labute approximate surface area is 168 Å². The van der Waals surface area contributed by atoms with Crippen LogP contribution >= 0.6 is 0 Å². The summed E-state index contributed by atoms with van der Waals surface area (Å²) in [5, 5.41) is 3.29. The summed E-state index contributed by atoms with van der Waals surface area (Å²) in [7, 11) is 0. The summed E-state index contributed by atoms with van der Waals surface area (Å²) >= 11 is 0. The van der Waals surface area contributed by atoms with Crippen molar-refractivity contribution in [3.05, 3.63) is 24.3 Å². The SMILES string of the molecule is O=C(NC1CCCCCC1)N1CCN(c2ccccc2N2CCOCC2)CC1. The van der Waals surface area contributed by atoms with E-state index in [-0.39, 0.29) is 6.03 Å². The molecular formula is C22H34N4O2. The molecule has 0 radical (unpaired) electrons. The fourth-order valence-corrected chi connectivity index (χ4v) is 4.64. The Morgan fingerprint density at radius 1 is 0.821 bits per heavy atom. The lowest BCUT2D eigenvalue weighted by Gasteiger charge is -2.39. The molecule has 0 unspecified atom stereocenters. The van der Waals surface area contributed by atoms with Gasteiger partial charge in [-0.2, -0.15) is 0 Å². The molecule has 0 atom stereocenters. The Hall–Kier alpha value is -1.95. The molecule has 6 heteroatoms. The standard InChI is InChI=1S/C22H34N4O2/c27-22(23-19-7-3-1-2-4-8-19)26-13-11-24(12-14-26)20-9-5-6-10-21(20)25-15-17-28-18-16-25/h5-6,9-10,19H,1-4,7-8,11-18H2,(H,23,27). The minimum atomic E-state index is 0.132. The molecular weight excluding hydrogens is 352 g/mol.